The third kappa shape index (κ3) is 7.02. The van der Waals surface area contributed by atoms with E-state index in [1.54, 1.807) is 13.1 Å². The number of methoxy groups -OCH3 is 1. The molecule has 242 valence electrons. The number of aromatic nitrogens is 4. The normalized spacial score (nSPS) is 28.9. The lowest BCUT2D eigenvalue weighted by Crippen LogP contribution is -2.68. The summed E-state index contributed by atoms with van der Waals surface area (Å²) in [6.45, 7) is 6.85. The van der Waals surface area contributed by atoms with Gasteiger partial charge in [-0.3, -0.25) is 19.2 Å². The van der Waals surface area contributed by atoms with Gasteiger partial charge in [0.05, 0.1) is 13.3 Å². The third-order valence-electron chi connectivity index (χ3n) is 9.50. The number of aryl methyl sites for hydroxylation is 1. The average molecular weight is 622 g/mol. The number of esters is 1. The first-order chi connectivity index (χ1) is 21.1. The molecule has 6 rings (SSSR count). The zero-order chi connectivity index (χ0) is 32.6. The Morgan fingerprint density at radius 2 is 1.69 bits per heavy atom. The Balaban J connectivity index is 1.27. The zero-order valence-corrected chi connectivity index (χ0v) is 26.6. The van der Waals surface area contributed by atoms with Crippen LogP contribution in [0, 0.1) is 16.2 Å². The second kappa shape index (κ2) is 11.9. The quantitative estimate of drug-likeness (QED) is 0.254. The van der Waals surface area contributed by atoms with Gasteiger partial charge in [-0.15, -0.1) is 5.10 Å². The van der Waals surface area contributed by atoms with E-state index in [4.69, 9.17) is 0 Å². The maximum atomic E-state index is 13.4. The molecule has 2 aromatic rings. The minimum absolute atomic E-state index is 0.0239. The van der Waals surface area contributed by atoms with Crippen LogP contribution >= 0.6 is 0 Å². The highest BCUT2D eigenvalue weighted by molar-refractivity contribution is 6.00. The molecule has 4 saturated carbocycles. The van der Waals surface area contributed by atoms with Crippen molar-refractivity contribution in [3.63, 3.8) is 0 Å². The van der Waals surface area contributed by atoms with Crippen molar-refractivity contribution in [1.29, 1.82) is 0 Å². The molecular weight excluding hydrogens is 578 g/mol. The van der Waals surface area contributed by atoms with Gasteiger partial charge < -0.3 is 25.3 Å². The van der Waals surface area contributed by atoms with Gasteiger partial charge >= 0.3 is 5.97 Å². The molecule has 2 aromatic heterocycles. The topological polar surface area (TPSA) is 166 Å². The molecule has 4 fully saturated rings. The fourth-order valence-electron chi connectivity index (χ4n) is 9.40. The molecule has 0 spiro atoms. The van der Waals surface area contributed by atoms with Crippen LogP contribution in [0.3, 0.4) is 0 Å². The molecule has 45 heavy (non-hydrogen) atoms. The van der Waals surface area contributed by atoms with Gasteiger partial charge in [0.2, 0.25) is 11.8 Å². The van der Waals surface area contributed by atoms with E-state index in [1.807, 2.05) is 0 Å². The summed E-state index contributed by atoms with van der Waals surface area (Å²) in [4.78, 5) is 64.5. The number of nitrogens with one attached hydrogen (secondary N) is 3. The van der Waals surface area contributed by atoms with Gasteiger partial charge in [0.25, 0.3) is 11.5 Å². The van der Waals surface area contributed by atoms with Crippen LogP contribution in [0.4, 0.5) is 5.69 Å². The SMILES string of the molecule is COC(=O)/C=C/CC[C@H](NC(=O)c1cnnn1C)C(=O)Nc1cccn(CC(=O)NC23CC4(C)CC(C)(CC(C)(C4)C2)C3)c1=O. The Bertz CT molecular complexity index is 1540. The Labute approximate surface area is 262 Å². The Morgan fingerprint density at radius 1 is 1.04 bits per heavy atom. The Morgan fingerprint density at radius 3 is 2.27 bits per heavy atom. The van der Waals surface area contributed by atoms with Gasteiger partial charge in [0.15, 0.2) is 0 Å². The molecule has 13 heteroatoms. The number of carbonyl (C=O) groups is 4. The fourth-order valence-corrected chi connectivity index (χ4v) is 9.40. The minimum Gasteiger partial charge on any atom is -0.466 e. The van der Waals surface area contributed by atoms with Crippen molar-refractivity contribution in [3.8, 4) is 0 Å². The van der Waals surface area contributed by atoms with E-state index in [9.17, 15) is 24.0 Å². The zero-order valence-electron chi connectivity index (χ0n) is 26.6. The monoisotopic (exact) mass is 621 g/mol. The summed E-state index contributed by atoms with van der Waals surface area (Å²) in [5, 5.41) is 16.1. The molecule has 3 N–H and O–H groups in total. The number of nitrogens with zero attached hydrogens (tertiary/aromatic N) is 4. The van der Waals surface area contributed by atoms with Crippen LogP contribution in [0.1, 0.15) is 82.6 Å². The van der Waals surface area contributed by atoms with E-state index in [1.165, 1.54) is 66.2 Å². The van der Waals surface area contributed by atoms with Gasteiger partial charge in [-0.2, -0.15) is 0 Å². The number of pyridine rings is 1. The van der Waals surface area contributed by atoms with Crippen LogP contribution in [-0.4, -0.2) is 61.9 Å². The lowest BCUT2D eigenvalue weighted by Gasteiger charge is -2.69. The van der Waals surface area contributed by atoms with Gasteiger partial charge in [0.1, 0.15) is 24.0 Å². The highest BCUT2D eigenvalue weighted by Crippen LogP contribution is 2.70. The molecule has 0 aromatic carbocycles. The first-order valence-corrected chi connectivity index (χ1v) is 15.4. The molecule has 0 saturated heterocycles. The van der Waals surface area contributed by atoms with Crippen molar-refractivity contribution in [2.45, 2.75) is 90.3 Å². The number of ether oxygens (including phenoxy) is 1. The molecule has 0 radical (unpaired) electrons. The molecule has 2 heterocycles. The van der Waals surface area contributed by atoms with Crippen LogP contribution in [0.15, 0.2) is 41.5 Å². The van der Waals surface area contributed by atoms with E-state index in [0.717, 1.165) is 19.3 Å². The predicted molar refractivity (Wildman–Crippen MR) is 165 cm³/mol. The van der Waals surface area contributed by atoms with Crippen molar-refractivity contribution in [3.05, 3.63) is 52.7 Å². The van der Waals surface area contributed by atoms with E-state index in [-0.39, 0.29) is 58.5 Å². The van der Waals surface area contributed by atoms with Crippen molar-refractivity contribution >= 4 is 29.4 Å². The molecule has 1 atom stereocenters. The third-order valence-corrected chi connectivity index (χ3v) is 9.50. The van der Waals surface area contributed by atoms with Crippen molar-refractivity contribution in [2.75, 3.05) is 12.4 Å². The molecule has 13 nitrogen and oxygen atoms in total. The highest BCUT2D eigenvalue weighted by Gasteiger charge is 2.64. The maximum Gasteiger partial charge on any atom is 0.330 e. The lowest BCUT2D eigenvalue weighted by atomic mass is 9.38. The smallest absolute Gasteiger partial charge is 0.330 e. The first kappa shape index (κ1) is 32.1. The summed E-state index contributed by atoms with van der Waals surface area (Å²) in [5.74, 6) is -1.99. The number of rotatable bonds is 11. The van der Waals surface area contributed by atoms with Gasteiger partial charge in [-0.05, 0) is 79.7 Å². The second-order valence-corrected chi connectivity index (χ2v) is 14.4. The molecule has 3 amide bonds. The van der Waals surface area contributed by atoms with Gasteiger partial charge in [-0.1, -0.05) is 32.1 Å². The highest BCUT2D eigenvalue weighted by atomic mass is 16.5. The molecule has 0 unspecified atom stereocenters. The summed E-state index contributed by atoms with van der Waals surface area (Å²) in [5.41, 5.74) is -0.116. The molecular formula is C32H43N7O6. The molecule has 4 bridgehead atoms. The van der Waals surface area contributed by atoms with E-state index in [2.05, 4.69) is 51.8 Å². The van der Waals surface area contributed by atoms with Crippen molar-refractivity contribution in [1.82, 2.24) is 30.2 Å². The predicted octanol–water partition coefficient (Wildman–Crippen LogP) is 2.48. The van der Waals surface area contributed by atoms with Crippen LogP contribution in [0.25, 0.3) is 0 Å². The van der Waals surface area contributed by atoms with E-state index < -0.39 is 29.4 Å². The summed E-state index contributed by atoms with van der Waals surface area (Å²) in [7, 11) is 2.80. The minimum atomic E-state index is -1.06. The summed E-state index contributed by atoms with van der Waals surface area (Å²) in [6, 6.07) is 1.98. The molecule has 4 aliphatic carbocycles. The number of anilines is 1. The van der Waals surface area contributed by atoms with Gasteiger partial charge in [0, 0.05) is 24.9 Å². The van der Waals surface area contributed by atoms with Crippen LogP contribution < -0.4 is 21.5 Å². The van der Waals surface area contributed by atoms with Crippen LogP contribution in [0.5, 0.6) is 0 Å². The van der Waals surface area contributed by atoms with E-state index >= 15 is 0 Å². The number of amides is 3. The lowest BCUT2D eigenvalue weighted by molar-refractivity contribution is -0.164. The van der Waals surface area contributed by atoms with Gasteiger partial charge in [-0.25, -0.2) is 9.48 Å². The number of allylic oxidation sites excluding steroid dienone is 1. The molecule has 4 aliphatic rings. The van der Waals surface area contributed by atoms with E-state index in [0.29, 0.717) is 0 Å². The Hall–Kier alpha value is -4.29. The first-order valence-electron chi connectivity index (χ1n) is 15.4. The second-order valence-electron chi connectivity index (χ2n) is 14.4. The van der Waals surface area contributed by atoms with Crippen LogP contribution in [-0.2, 0) is 32.7 Å². The summed E-state index contributed by atoms with van der Waals surface area (Å²) in [6.07, 6.45) is 12.3. The number of hydrogen-bond acceptors (Lipinski definition) is 8. The summed E-state index contributed by atoms with van der Waals surface area (Å²) >= 11 is 0. The molecule has 0 aliphatic heterocycles. The van der Waals surface area contributed by atoms with Crippen molar-refractivity contribution in [2.24, 2.45) is 23.3 Å². The van der Waals surface area contributed by atoms with Crippen LogP contribution in [0.2, 0.25) is 0 Å². The Kier molecular flexibility index (Phi) is 8.49. The number of carbonyl (C=O) groups excluding carboxylic acids is 4. The standard InChI is InChI=1S/C32H43N7O6/c1-29-15-30(2)17-31(3,16-29)20-32(18-29,19-30)36-24(40)14-39-12-8-10-22(28(39)44)35-26(42)21(9-6-7-11-25(41)45-5)34-27(43)23-13-33-37-38(23)4/h7-8,10-13,21H,6,9,14-20H2,1-5H3,(H,34,43)(H,35,42)(H,36,40)/b11-7+/t21-,29?,30?,31?,32?/m0/s1. The maximum absolute atomic E-state index is 13.4. The number of hydrogen-bond donors (Lipinski definition) is 3. The average Bonchev–Trinajstić information content (AvgIpc) is 3.35. The fraction of sp³-hybridized carbons (Fsp3) is 0.594. The summed E-state index contributed by atoms with van der Waals surface area (Å²) < 4.78 is 7.14. The largest absolute Gasteiger partial charge is 0.466 e. The van der Waals surface area contributed by atoms with Crippen molar-refractivity contribution < 1.29 is 23.9 Å².